The smallest absolute Gasteiger partial charge is 0.240 e. The average Bonchev–Trinajstić information content (AvgIpc) is 2.36. The zero-order chi connectivity index (χ0) is 13.7. The lowest BCUT2D eigenvalue weighted by Crippen LogP contribution is -2.46. The van der Waals surface area contributed by atoms with Crippen molar-refractivity contribution >= 4 is 28.5 Å². The lowest BCUT2D eigenvalue weighted by Gasteiger charge is -2.26. The van der Waals surface area contributed by atoms with Crippen molar-refractivity contribution < 1.29 is 4.79 Å². The molecule has 0 fully saturated rings. The van der Waals surface area contributed by atoms with E-state index in [0.29, 0.717) is 13.1 Å². The maximum atomic E-state index is 12.2. The van der Waals surface area contributed by atoms with Crippen LogP contribution in [0, 0.1) is 9.49 Å². The summed E-state index contributed by atoms with van der Waals surface area (Å²) in [6.07, 6.45) is 0. The maximum Gasteiger partial charge on any atom is 0.240 e. The molecule has 1 aromatic carbocycles. The number of carbonyl (C=O) groups excluding carboxylic acids is 1. The number of halogens is 1. The highest BCUT2D eigenvalue weighted by Gasteiger charge is 2.22. The highest BCUT2D eigenvalue weighted by atomic mass is 127. The van der Waals surface area contributed by atoms with E-state index in [9.17, 15) is 4.79 Å². The van der Waals surface area contributed by atoms with Crippen molar-refractivity contribution in [3.8, 4) is 0 Å². The zero-order valence-corrected chi connectivity index (χ0v) is 13.3. The number of hydrogen-bond donors (Lipinski definition) is 1. The van der Waals surface area contributed by atoms with Crippen LogP contribution in [0.4, 0.5) is 0 Å². The van der Waals surface area contributed by atoms with E-state index in [1.165, 1.54) is 9.13 Å². The van der Waals surface area contributed by atoms with Crippen LogP contribution in [-0.4, -0.2) is 23.4 Å². The quantitative estimate of drug-likeness (QED) is 0.821. The van der Waals surface area contributed by atoms with E-state index in [4.69, 9.17) is 5.73 Å². The van der Waals surface area contributed by atoms with Gasteiger partial charge in [0.05, 0.1) is 6.04 Å². The van der Waals surface area contributed by atoms with Crippen LogP contribution in [0.2, 0.25) is 0 Å². The Morgan fingerprint density at radius 1 is 1.39 bits per heavy atom. The molecule has 1 aromatic rings. The second-order valence-electron chi connectivity index (χ2n) is 4.71. The van der Waals surface area contributed by atoms with E-state index < -0.39 is 6.04 Å². The van der Waals surface area contributed by atoms with Gasteiger partial charge >= 0.3 is 0 Å². The van der Waals surface area contributed by atoms with Crippen LogP contribution in [0.1, 0.15) is 26.3 Å². The van der Waals surface area contributed by atoms with Gasteiger partial charge in [-0.1, -0.05) is 32.0 Å². The van der Waals surface area contributed by atoms with E-state index in [1.54, 1.807) is 0 Å². The molecule has 3 nitrogen and oxygen atoms in total. The number of amides is 1. The molecule has 1 amide bonds. The molecule has 0 saturated carbocycles. The summed E-state index contributed by atoms with van der Waals surface area (Å²) >= 11 is 2.29. The van der Waals surface area contributed by atoms with Crippen LogP contribution in [0.3, 0.4) is 0 Å². The molecule has 0 heterocycles. The van der Waals surface area contributed by atoms with Crippen LogP contribution < -0.4 is 5.73 Å². The Hall–Kier alpha value is -0.620. The Labute approximate surface area is 123 Å². The molecule has 100 valence electrons. The molecule has 0 saturated heterocycles. The molecule has 0 radical (unpaired) electrons. The van der Waals surface area contributed by atoms with E-state index in [0.717, 1.165) is 0 Å². The minimum atomic E-state index is -0.411. The van der Waals surface area contributed by atoms with Gasteiger partial charge in [0, 0.05) is 16.7 Å². The first-order valence-electron chi connectivity index (χ1n) is 6.25. The minimum absolute atomic E-state index is 0.0344. The number of nitrogens with zero attached hydrogens (tertiary/aromatic N) is 1. The van der Waals surface area contributed by atoms with Crippen LogP contribution in [0.25, 0.3) is 0 Å². The minimum Gasteiger partial charge on any atom is -0.337 e. The van der Waals surface area contributed by atoms with Gasteiger partial charge < -0.3 is 10.6 Å². The molecule has 4 heteroatoms. The highest BCUT2D eigenvalue weighted by Crippen LogP contribution is 2.15. The number of carbonyl (C=O) groups is 1. The normalized spacial score (nSPS) is 12.6. The van der Waals surface area contributed by atoms with Gasteiger partial charge in [-0.15, -0.1) is 0 Å². The first-order chi connectivity index (χ1) is 8.47. The molecule has 0 aromatic heterocycles. The molecule has 2 N–H and O–H groups in total. The third-order valence-electron chi connectivity index (χ3n) is 3.02. The molecule has 0 aliphatic rings. The van der Waals surface area contributed by atoms with Crippen molar-refractivity contribution in [2.24, 2.45) is 11.7 Å². The highest BCUT2D eigenvalue weighted by molar-refractivity contribution is 14.1. The topological polar surface area (TPSA) is 46.3 Å². The number of benzene rings is 1. The van der Waals surface area contributed by atoms with E-state index >= 15 is 0 Å². The second-order valence-corrected chi connectivity index (χ2v) is 5.88. The second kappa shape index (κ2) is 7.09. The van der Waals surface area contributed by atoms with Crippen molar-refractivity contribution in [1.29, 1.82) is 0 Å². The number of likely N-dealkylation sites (N-methyl/N-ethyl adjacent to an activating group) is 1. The molecule has 18 heavy (non-hydrogen) atoms. The van der Waals surface area contributed by atoms with E-state index in [-0.39, 0.29) is 11.8 Å². The Bertz CT molecular complexity index is 407. The van der Waals surface area contributed by atoms with Crippen molar-refractivity contribution in [2.45, 2.75) is 33.4 Å². The third-order valence-corrected chi connectivity index (χ3v) is 4.07. The summed E-state index contributed by atoms with van der Waals surface area (Å²) in [5.41, 5.74) is 7.11. The standard InChI is InChI=1S/C14H21IN2O/c1-4-17(14(18)13(16)10(2)3)9-11-7-5-6-8-12(11)15/h5-8,10,13H,4,9,16H2,1-3H3/t13-/m0/s1. The summed E-state index contributed by atoms with van der Waals surface area (Å²) < 4.78 is 1.18. The lowest BCUT2D eigenvalue weighted by molar-refractivity contribution is -0.134. The van der Waals surface area contributed by atoms with Crippen molar-refractivity contribution in [2.75, 3.05) is 6.54 Å². The Morgan fingerprint density at radius 3 is 2.50 bits per heavy atom. The predicted octanol–water partition coefficient (Wildman–Crippen LogP) is 2.62. The lowest BCUT2D eigenvalue weighted by atomic mass is 10.0. The summed E-state index contributed by atoms with van der Waals surface area (Å²) in [6, 6.07) is 7.70. The van der Waals surface area contributed by atoms with Crippen molar-refractivity contribution in [1.82, 2.24) is 4.90 Å². The number of rotatable bonds is 5. The molecule has 0 aliphatic heterocycles. The van der Waals surface area contributed by atoms with Gasteiger partial charge in [0.15, 0.2) is 0 Å². The first kappa shape index (κ1) is 15.4. The zero-order valence-electron chi connectivity index (χ0n) is 11.2. The number of hydrogen-bond acceptors (Lipinski definition) is 2. The molecule has 0 aliphatic carbocycles. The molecule has 0 unspecified atom stereocenters. The van der Waals surface area contributed by atoms with Crippen LogP contribution >= 0.6 is 22.6 Å². The van der Waals surface area contributed by atoms with Gasteiger partial charge in [-0.25, -0.2) is 0 Å². The van der Waals surface area contributed by atoms with Gasteiger partial charge in [-0.05, 0) is 47.1 Å². The fraction of sp³-hybridized carbons (Fsp3) is 0.500. The van der Waals surface area contributed by atoms with Gasteiger partial charge in [-0.3, -0.25) is 4.79 Å². The summed E-state index contributed by atoms with van der Waals surface area (Å²) in [6.45, 7) is 7.26. The third kappa shape index (κ3) is 3.95. The van der Waals surface area contributed by atoms with Crippen LogP contribution in [-0.2, 0) is 11.3 Å². The van der Waals surface area contributed by atoms with Gasteiger partial charge in [0.25, 0.3) is 0 Å². The number of nitrogens with two attached hydrogens (primary N) is 1. The molecule has 0 spiro atoms. The Kier molecular flexibility index (Phi) is 6.08. The molecule has 0 bridgehead atoms. The van der Waals surface area contributed by atoms with E-state index in [2.05, 4.69) is 34.7 Å². The average molecular weight is 360 g/mol. The fourth-order valence-electron chi connectivity index (χ4n) is 1.67. The Morgan fingerprint density at radius 2 is 2.00 bits per heavy atom. The summed E-state index contributed by atoms with van der Waals surface area (Å²) in [4.78, 5) is 14.1. The monoisotopic (exact) mass is 360 g/mol. The largest absolute Gasteiger partial charge is 0.337 e. The van der Waals surface area contributed by atoms with Crippen molar-refractivity contribution in [3.05, 3.63) is 33.4 Å². The van der Waals surface area contributed by atoms with E-state index in [1.807, 2.05) is 37.8 Å². The van der Waals surface area contributed by atoms with Crippen LogP contribution in [0.15, 0.2) is 24.3 Å². The Balaban J connectivity index is 2.80. The van der Waals surface area contributed by atoms with Gasteiger partial charge in [0.2, 0.25) is 5.91 Å². The predicted molar refractivity (Wildman–Crippen MR) is 83.1 cm³/mol. The fourth-order valence-corrected chi connectivity index (χ4v) is 2.23. The van der Waals surface area contributed by atoms with Crippen molar-refractivity contribution in [3.63, 3.8) is 0 Å². The summed E-state index contributed by atoms with van der Waals surface area (Å²) in [5, 5.41) is 0. The summed E-state index contributed by atoms with van der Waals surface area (Å²) in [7, 11) is 0. The van der Waals surface area contributed by atoms with Gasteiger partial charge in [-0.2, -0.15) is 0 Å². The molecular formula is C14H21IN2O. The molecule has 1 rings (SSSR count). The summed E-state index contributed by atoms with van der Waals surface area (Å²) in [5.74, 6) is 0.202. The maximum absolute atomic E-state index is 12.2. The SMILES string of the molecule is CCN(Cc1ccccc1I)C(=O)[C@@H](N)C(C)C. The van der Waals surface area contributed by atoms with Crippen LogP contribution in [0.5, 0.6) is 0 Å². The van der Waals surface area contributed by atoms with Gasteiger partial charge in [0.1, 0.15) is 0 Å². The molecule has 1 atom stereocenters. The first-order valence-corrected chi connectivity index (χ1v) is 7.33. The molecular weight excluding hydrogens is 339 g/mol.